The van der Waals surface area contributed by atoms with Crippen molar-refractivity contribution in [3.8, 4) is 11.3 Å². The van der Waals surface area contributed by atoms with Crippen molar-refractivity contribution in [3.63, 3.8) is 0 Å². The Balaban J connectivity index is 2.70. The summed E-state index contributed by atoms with van der Waals surface area (Å²) in [6.07, 6.45) is 4.88. The number of rotatable bonds is 2. The molecule has 2 rings (SSSR count). The minimum atomic E-state index is -0.475. The highest BCUT2D eigenvalue weighted by Gasteiger charge is 2.23. The highest BCUT2D eigenvalue weighted by molar-refractivity contribution is 5.98. The van der Waals surface area contributed by atoms with Crippen molar-refractivity contribution in [1.82, 2.24) is 14.8 Å². The van der Waals surface area contributed by atoms with Gasteiger partial charge >= 0.3 is 0 Å². The highest BCUT2D eigenvalue weighted by atomic mass is 16.1. The third-order valence-electron chi connectivity index (χ3n) is 2.62. The maximum Gasteiger partial charge on any atom is 0.252 e. The maximum atomic E-state index is 11.5. The van der Waals surface area contributed by atoms with E-state index in [-0.39, 0.29) is 5.54 Å². The SMILES string of the molecule is CC(C)(C)n1ncc(C(N)=O)c1-c1ccncc1. The van der Waals surface area contributed by atoms with E-state index >= 15 is 0 Å². The van der Waals surface area contributed by atoms with Crippen molar-refractivity contribution in [2.45, 2.75) is 26.3 Å². The zero-order valence-corrected chi connectivity index (χ0v) is 10.7. The van der Waals surface area contributed by atoms with Gasteiger partial charge < -0.3 is 5.73 Å². The third kappa shape index (κ3) is 2.11. The predicted octanol–water partition coefficient (Wildman–Crippen LogP) is 1.80. The van der Waals surface area contributed by atoms with Gasteiger partial charge in [-0.3, -0.25) is 14.5 Å². The molecule has 2 aromatic rings. The molecule has 0 aromatic carbocycles. The van der Waals surface area contributed by atoms with Crippen LogP contribution in [0.4, 0.5) is 0 Å². The molecule has 5 nitrogen and oxygen atoms in total. The molecule has 0 unspecified atom stereocenters. The molecule has 0 bridgehead atoms. The van der Waals surface area contributed by atoms with Crippen LogP contribution in [0.25, 0.3) is 11.3 Å². The number of hydrogen-bond donors (Lipinski definition) is 1. The first-order valence-electron chi connectivity index (χ1n) is 5.70. The largest absolute Gasteiger partial charge is 0.365 e. The lowest BCUT2D eigenvalue weighted by atomic mass is 10.0. The van der Waals surface area contributed by atoms with E-state index in [1.165, 1.54) is 6.20 Å². The number of aromatic nitrogens is 3. The van der Waals surface area contributed by atoms with Crippen LogP contribution < -0.4 is 5.73 Å². The second-order valence-electron chi connectivity index (χ2n) is 5.09. The Bertz CT molecular complexity index is 566. The van der Waals surface area contributed by atoms with E-state index in [9.17, 15) is 4.79 Å². The van der Waals surface area contributed by atoms with E-state index < -0.39 is 5.91 Å². The van der Waals surface area contributed by atoms with Gasteiger partial charge in [-0.25, -0.2) is 0 Å². The zero-order chi connectivity index (χ0) is 13.3. The summed E-state index contributed by atoms with van der Waals surface area (Å²) in [5, 5.41) is 4.28. The fourth-order valence-electron chi connectivity index (χ4n) is 1.82. The smallest absolute Gasteiger partial charge is 0.252 e. The number of primary amides is 1. The van der Waals surface area contributed by atoms with E-state index in [2.05, 4.69) is 10.1 Å². The summed E-state index contributed by atoms with van der Waals surface area (Å²) in [4.78, 5) is 15.5. The number of hydrogen-bond acceptors (Lipinski definition) is 3. The predicted molar refractivity (Wildman–Crippen MR) is 69.0 cm³/mol. The quantitative estimate of drug-likeness (QED) is 0.875. The van der Waals surface area contributed by atoms with Gasteiger partial charge in [0.25, 0.3) is 5.91 Å². The molecule has 1 amide bonds. The van der Waals surface area contributed by atoms with E-state index in [1.807, 2.05) is 37.6 Å². The molecule has 5 heteroatoms. The lowest BCUT2D eigenvalue weighted by molar-refractivity contribution is 0.100. The second-order valence-corrected chi connectivity index (χ2v) is 5.09. The number of nitrogens with zero attached hydrogens (tertiary/aromatic N) is 3. The number of carbonyl (C=O) groups is 1. The summed E-state index contributed by atoms with van der Waals surface area (Å²) in [6.45, 7) is 6.07. The number of amides is 1. The molecule has 0 atom stereocenters. The minimum absolute atomic E-state index is 0.230. The number of carbonyl (C=O) groups excluding carboxylic acids is 1. The lowest BCUT2D eigenvalue weighted by Gasteiger charge is -2.22. The fraction of sp³-hybridized carbons (Fsp3) is 0.308. The van der Waals surface area contributed by atoms with Gasteiger partial charge in [-0.1, -0.05) is 0 Å². The van der Waals surface area contributed by atoms with Crippen LogP contribution in [-0.2, 0) is 5.54 Å². The topological polar surface area (TPSA) is 73.8 Å². The van der Waals surface area contributed by atoms with Crippen LogP contribution in [-0.4, -0.2) is 20.7 Å². The van der Waals surface area contributed by atoms with Crippen LogP contribution in [0, 0.1) is 0 Å². The first-order valence-corrected chi connectivity index (χ1v) is 5.70. The Kier molecular flexibility index (Phi) is 2.90. The lowest BCUT2D eigenvalue weighted by Crippen LogP contribution is -2.24. The molecule has 18 heavy (non-hydrogen) atoms. The molecule has 2 N–H and O–H groups in total. The van der Waals surface area contributed by atoms with E-state index in [1.54, 1.807) is 12.4 Å². The standard InChI is InChI=1S/C13H16N4O/c1-13(2,3)17-11(9-4-6-15-7-5-9)10(8-16-17)12(14)18/h4-8H,1-3H3,(H2,14,18). The molecule has 2 heterocycles. The maximum absolute atomic E-state index is 11.5. The Hall–Kier alpha value is -2.17. The molecular weight excluding hydrogens is 228 g/mol. The van der Waals surface area contributed by atoms with Crippen molar-refractivity contribution < 1.29 is 4.79 Å². The van der Waals surface area contributed by atoms with Crippen molar-refractivity contribution in [3.05, 3.63) is 36.3 Å². The summed E-state index contributed by atoms with van der Waals surface area (Å²) >= 11 is 0. The molecule has 94 valence electrons. The average molecular weight is 244 g/mol. The van der Waals surface area contributed by atoms with Gasteiger partial charge in [0.1, 0.15) is 0 Å². The Morgan fingerprint density at radius 1 is 1.28 bits per heavy atom. The monoisotopic (exact) mass is 244 g/mol. The van der Waals surface area contributed by atoms with Gasteiger partial charge in [0.2, 0.25) is 0 Å². The molecular formula is C13H16N4O. The van der Waals surface area contributed by atoms with Crippen molar-refractivity contribution in [2.75, 3.05) is 0 Å². The molecule has 0 fully saturated rings. The van der Waals surface area contributed by atoms with Crippen LogP contribution >= 0.6 is 0 Å². The van der Waals surface area contributed by atoms with Gasteiger partial charge in [-0.2, -0.15) is 5.10 Å². The second kappa shape index (κ2) is 4.25. The van der Waals surface area contributed by atoms with Crippen LogP contribution in [0.2, 0.25) is 0 Å². The summed E-state index contributed by atoms with van der Waals surface area (Å²) in [7, 11) is 0. The minimum Gasteiger partial charge on any atom is -0.365 e. The Morgan fingerprint density at radius 3 is 2.39 bits per heavy atom. The highest BCUT2D eigenvalue weighted by Crippen LogP contribution is 2.28. The number of nitrogens with two attached hydrogens (primary N) is 1. The molecule has 0 aliphatic heterocycles. The van der Waals surface area contributed by atoms with Crippen molar-refractivity contribution in [2.24, 2.45) is 5.73 Å². The summed E-state index contributed by atoms with van der Waals surface area (Å²) in [6, 6.07) is 3.68. The van der Waals surface area contributed by atoms with Gasteiger partial charge in [-0.05, 0) is 32.9 Å². The first kappa shape index (κ1) is 12.3. The summed E-state index contributed by atoms with van der Waals surface area (Å²) in [5.74, 6) is -0.475. The fourth-order valence-corrected chi connectivity index (χ4v) is 1.82. The normalized spacial score (nSPS) is 11.5. The van der Waals surface area contributed by atoms with Gasteiger partial charge in [0.15, 0.2) is 0 Å². The number of pyridine rings is 1. The summed E-state index contributed by atoms with van der Waals surface area (Å²) in [5.41, 5.74) is 7.21. The molecule has 0 radical (unpaired) electrons. The molecule has 0 aliphatic rings. The van der Waals surface area contributed by atoms with Crippen LogP contribution in [0.5, 0.6) is 0 Å². The van der Waals surface area contributed by atoms with Crippen molar-refractivity contribution >= 4 is 5.91 Å². The first-order chi connectivity index (χ1) is 8.41. The molecule has 0 saturated heterocycles. The van der Waals surface area contributed by atoms with Gasteiger partial charge in [-0.15, -0.1) is 0 Å². The van der Waals surface area contributed by atoms with Crippen LogP contribution in [0.15, 0.2) is 30.7 Å². The van der Waals surface area contributed by atoms with Crippen LogP contribution in [0.1, 0.15) is 31.1 Å². The van der Waals surface area contributed by atoms with Crippen molar-refractivity contribution in [1.29, 1.82) is 0 Å². The average Bonchev–Trinajstić information content (AvgIpc) is 2.74. The molecule has 0 saturated carbocycles. The Labute approximate surface area is 106 Å². The molecule has 0 aliphatic carbocycles. The third-order valence-corrected chi connectivity index (χ3v) is 2.62. The molecule has 2 aromatic heterocycles. The van der Waals surface area contributed by atoms with E-state index in [0.717, 1.165) is 11.3 Å². The van der Waals surface area contributed by atoms with Crippen LogP contribution in [0.3, 0.4) is 0 Å². The van der Waals surface area contributed by atoms with E-state index in [0.29, 0.717) is 5.56 Å². The summed E-state index contributed by atoms with van der Waals surface area (Å²) < 4.78 is 1.81. The molecule has 0 spiro atoms. The Morgan fingerprint density at radius 2 is 1.89 bits per heavy atom. The van der Waals surface area contributed by atoms with E-state index in [4.69, 9.17) is 5.73 Å². The zero-order valence-electron chi connectivity index (χ0n) is 10.7. The van der Waals surface area contributed by atoms with Gasteiger partial charge in [0.05, 0.1) is 23.0 Å². The van der Waals surface area contributed by atoms with Gasteiger partial charge in [0, 0.05) is 18.0 Å².